The van der Waals surface area contributed by atoms with Crippen molar-refractivity contribution in [2.24, 2.45) is 0 Å². The minimum atomic E-state index is -3.66. The molecule has 1 amide bonds. The van der Waals surface area contributed by atoms with Gasteiger partial charge in [0.15, 0.2) is 18.1 Å². The molecule has 0 heterocycles. The van der Waals surface area contributed by atoms with Gasteiger partial charge in [-0.25, -0.2) is 13.1 Å². The smallest absolute Gasteiger partial charge is 0.258 e. The molecule has 3 rings (SSSR count). The zero-order valence-electron chi connectivity index (χ0n) is 18.4. The summed E-state index contributed by atoms with van der Waals surface area (Å²) in [6, 6.07) is 11.7. The number of benzene rings is 2. The van der Waals surface area contributed by atoms with Crippen LogP contribution in [0, 0.1) is 0 Å². The zero-order valence-corrected chi connectivity index (χ0v) is 19.2. The number of carbonyl (C=O) groups excluding carboxylic acids is 1. The van der Waals surface area contributed by atoms with E-state index in [0.29, 0.717) is 23.7 Å². The lowest BCUT2D eigenvalue weighted by atomic mass is 10.1. The molecule has 2 aromatic carbocycles. The number of sulfonamides is 1. The first kappa shape index (κ1) is 23.9. The maximum atomic E-state index is 12.6. The van der Waals surface area contributed by atoms with Crippen LogP contribution in [0.5, 0.6) is 17.2 Å². The van der Waals surface area contributed by atoms with Crippen molar-refractivity contribution >= 4 is 15.9 Å². The third kappa shape index (κ3) is 6.61. The summed E-state index contributed by atoms with van der Waals surface area (Å²) in [7, 11) is -0.545. The van der Waals surface area contributed by atoms with Crippen LogP contribution >= 0.6 is 0 Å². The summed E-state index contributed by atoms with van der Waals surface area (Å²) >= 11 is 0. The van der Waals surface area contributed by atoms with Crippen molar-refractivity contribution in [1.82, 2.24) is 10.0 Å². The van der Waals surface area contributed by atoms with Crippen molar-refractivity contribution in [3.05, 3.63) is 48.0 Å². The van der Waals surface area contributed by atoms with Crippen LogP contribution in [0.3, 0.4) is 0 Å². The summed E-state index contributed by atoms with van der Waals surface area (Å²) in [5.41, 5.74) is 0.921. The van der Waals surface area contributed by atoms with E-state index in [9.17, 15) is 13.2 Å². The third-order valence-electron chi connectivity index (χ3n) is 5.38. The average molecular weight is 463 g/mol. The topological polar surface area (TPSA) is 103 Å². The molecule has 174 valence electrons. The van der Waals surface area contributed by atoms with Crippen molar-refractivity contribution < 1.29 is 27.4 Å². The Morgan fingerprint density at radius 2 is 1.69 bits per heavy atom. The van der Waals surface area contributed by atoms with Crippen molar-refractivity contribution in [2.75, 3.05) is 27.4 Å². The summed E-state index contributed by atoms with van der Waals surface area (Å²) in [6.45, 7) is 0.142. The Hall–Kier alpha value is -2.78. The van der Waals surface area contributed by atoms with Crippen LogP contribution in [0.1, 0.15) is 31.2 Å². The molecule has 0 radical (unpaired) electrons. The van der Waals surface area contributed by atoms with Crippen LogP contribution in [0.25, 0.3) is 0 Å². The second-order valence-corrected chi connectivity index (χ2v) is 9.41. The SMILES string of the molecule is COc1ccc(CCNS(=O)(=O)c2ccc(OCC(=O)NC3CCCC3)cc2)cc1OC. The van der Waals surface area contributed by atoms with Crippen molar-refractivity contribution in [3.8, 4) is 17.2 Å². The molecule has 0 atom stereocenters. The van der Waals surface area contributed by atoms with Gasteiger partial charge in [0.25, 0.3) is 5.91 Å². The fourth-order valence-electron chi connectivity index (χ4n) is 3.65. The van der Waals surface area contributed by atoms with Gasteiger partial charge in [-0.2, -0.15) is 0 Å². The lowest BCUT2D eigenvalue weighted by Gasteiger charge is -2.13. The molecule has 1 aliphatic rings. The van der Waals surface area contributed by atoms with Gasteiger partial charge in [-0.1, -0.05) is 18.9 Å². The summed E-state index contributed by atoms with van der Waals surface area (Å²) in [5.74, 6) is 1.50. The molecule has 9 heteroatoms. The molecule has 0 bridgehead atoms. The van der Waals surface area contributed by atoms with E-state index in [-0.39, 0.29) is 30.0 Å². The average Bonchev–Trinajstić information content (AvgIpc) is 3.30. The predicted molar refractivity (Wildman–Crippen MR) is 121 cm³/mol. The zero-order chi connectivity index (χ0) is 23.0. The maximum Gasteiger partial charge on any atom is 0.258 e. The first-order valence-electron chi connectivity index (χ1n) is 10.6. The Balaban J connectivity index is 1.48. The third-order valence-corrected chi connectivity index (χ3v) is 6.85. The normalized spacial score (nSPS) is 14.2. The van der Waals surface area contributed by atoms with Crippen LogP contribution in [-0.4, -0.2) is 47.7 Å². The second-order valence-electron chi connectivity index (χ2n) is 7.65. The quantitative estimate of drug-likeness (QED) is 0.532. The Bertz CT molecular complexity index is 1000. The predicted octanol–water partition coefficient (Wildman–Crippen LogP) is 2.66. The summed E-state index contributed by atoms with van der Waals surface area (Å²) in [5, 5.41) is 2.95. The van der Waals surface area contributed by atoms with Crippen LogP contribution in [0.15, 0.2) is 47.4 Å². The van der Waals surface area contributed by atoms with Gasteiger partial charge >= 0.3 is 0 Å². The lowest BCUT2D eigenvalue weighted by molar-refractivity contribution is -0.123. The van der Waals surface area contributed by atoms with Crippen molar-refractivity contribution in [3.63, 3.8) is 0 Å². The molecule has 0 saturated heterocycles. The Morgan fingerprint density at radius 3 is 2.34 bits per heavy atom. The number of carbonyl (C=O) groups is 1. The molecule has 1 fully saturated rings. The summed E-state index contributed by atoms with van der Waals surface area (Å²) in [4.78, 5) is 12.1. The number of nitrogens with one attached hydrogen (secondary N) is 2. The lowest BCUT2D eigenvalue weighted by Crippen LogP contribution is -2.36. The van der Waals surface area contributed by atoms with Crippen molar-refractivity contribution in [1.29, 1.82) is 0 Å². The Morgan fingerprint density at radius 1 is 1.00 bits per heavy atom. The fraction of sp³-hybridized carbons (Fsp3) is 0.435. The van der Waals surface area contributed by atoms with E-state index < -0.39 is 10.0 Å². The number of hydrogen-bond acceptors (Lipinski definition) is 6. The van der Waals surface area contributed by atoms with Crippen LogP contribution in [0.2, 0.25) is 0 Å². The number of methoxy groups -OCH3 is 2. The number of rotatable bonds is 11. The minimum Gasteiger partial charge on any atom is -0.493 e. The van der Waals surface area contributed by atoms with Crippen LogP contribution < -0.4 is 24.2 Å². The van der Waals surface area contributed by atoms with Gasteiger partial charge in [0.1, 0.15) is 5.75 Å². The van der Waals surface area contributed by atoms with Crippen LogP contribution in [0.4, 0.5) is 0 Å². The summed E-state index contributed by atoms with van der Waals surface area (Å²) in [6.07, 6.45) is 4.81. The monoisotopic (exact) mass is 462 g/mol. The molecule has 0 spiro atoms. The molecule has 2 aromatic rings. The molecular weight excluding hydrogens is 432 g/mol. The van der Waals surface area contributed by atoms with Gasteiger partial charge in [0.05, 0.1) is 19.1 Å². The van der Waals surface area contributed by atoms with E-state index in [1.807, 2.05) is 12.1 Å². The molecule has 8 nitrogen and oxygen atoms in total. The van der Waals surface area contributed by atoms with E-state index in [1.54, 1.807) is 32.4 Å². The molecule has 1 saturated carbocycles. The van der Waals surface area contributed by atoms with Gasteiger partial charge in [-0.15, -0.1) is 0 Å². The van der Waals surface area contributed by atoms with E-state index >= 15 is 0 Å². The van der Waals surface area contributed by atoms with E-state index in [4.69, 9.17) is 14.2 Å². The van der Waals surface area contributed by atoms with Crippen molar-refractivity contribution in [2.45, 2.75) is 43.0 Å². The highest BCUT2D eigenvalue weighted by Gasteiger charge is 2.18. The fourth-order valence-corrected chi connectivity index (χ4v) is 4.68. The molecule has 32 heavy (non-hydrogen) atoms. The minimum absolute atomic E-state index is 0.0911. The second kappa shape index (κ2) is 11.2. The molecule has 0 aliphatic heterocycles. The standard InChI is InChI=1S/C23H30N2O6S/c1-29-21-12-7-17(15-22(21)30-2)13-14-24-32(27,28)20-10-8-19(9-11-20)31-16-23(26)25-18-5-3-4-6-18/h7-12,15,18,24H,3-6,13-14,16H2,1-2H3,(H,25,26). The number of hydrogen-bond donors (Lipinski definition) is 2. The van der Waals surface area contributed by atoms with Gasteiger partial charge in [-0.3, -0.25) is 4.79 Å². The maximum absolute atomic E-state index is 12.6. The highest BCUT2D eigenvalue weighted by Crippen LogP contribution is 2.27. The highest BCUT2D eigenvalue weighted by atomic mass is 32.2. The number of amides is 1. The van der Waals surface area contributed by atoms with Crippen LogP contribution in [-0.2, 0) is 21.2 Å². The summed E-state index contributed by atoms with van der Waals surface area (Å²) < 4.78 is 43.7. The molecular formula is C23H30N2O6S. The molecule has 1 aliphatic carbocycles. The van der Waals surface area contributed by atoms with E-state index in [1.165, 1.54) is 12.1 Å². The molecule has 0 aromatic heterocycles. The van der Waals surface area contributed by atoms with Gasteiger partial charge < -0.3 is 19.5 Å². The van der Waals surface area contributed by atoms with Gasteiger partial charge in [-0.05, 0) is 61.2 Å². The van der Waals surface area contributed by atoms with Gasteiger partial charge in [0.2, 0.25) is 10.0 Å². The van der Waals surface area contributed by atoms with Gasteiger partial charge in [0, 0.05) is 12.6 Å². The first-order chi connectivity index (χ1) is 15.4. The van der Waals surface area contributed by atoms with E-state index in [0.717, 1.165) is 31.2 Å². The number of ether oxygens (including phenoxy) is 3. The molecule has 2 N–H and O–H groups in total. The highest BCUT2D eigenvalue weighted by molar-refractivity contribution is 7.89. The molecule has 0 unspecified atom stereocenters. The van der Waals surface area contributed by atoms with E-state index in [2.05, 4.69) is 10.0 Å². The largest absolute Gasteiger partial charge is 0.493 e. The Kier molecular flexibility index (Phi) is 8.35. The Labute approximate surface area is 189 Å². The first-order valence-corrected chi connectivity index (χ1v) is 12.1.